The maximum atomic E-state index is 11.7. The number of carbonyl (C=O) groups is 2. The Morgan fingerprint density at radius 3 is 2.42 bits per heavy atom. The average molecular weight is 429 g/mol. The Hall–Kier alpha value is -3.10. The molecule has 2 atom stereocenters. The Morgan fingerprint density at radius 2 is 1.81 bits per heavy atom. The first-order valence-electron chi connectivity index (χ1n) is 10.1. The Bertz CT molecular complexity index is 908. The monoisotopic (exact) mass is 429 g/mol. The number of amides is 1. The average Bonchev–Trinajstić information content (AvgIpc) is 3.21. The van der Waals surface area contributed by atoms with Crippen LogP contribution in [0, 0.1) is 0 Å². The summed E-state index contributed by atoms with van der Waals surface area (Å²) in [4.78, 5) is 22.8. The number of carboxylic acids is 1. The van der Waals surface area contributed by atoms with Gasteiger partial charge in [0.25, 0.3) is 0 Å². The van der Waals surface area contributed by atoms with E-state index in [1.165, 1.54) is 6.92 Å². The molecule has 1 saturated heterocycles. The van der Waals surface area contributed by atoms with Gasteiger partial charge in [-0.1, -0.05) is 18.2 Å². The quantitative estimate of drug-likeness (QED) is 0.532. The molecule has 1 aliphatic rings. The molecule has 31 heavy (non-hydrogen) atoms. The second kappa shape index (κ2) is 10.3. The molecule has 0 radical (unpaired) electrons. The van der Waals surface area contributed by atoms with Gasteiger partial charge in [-0.2, -0.15) is 0 Å². The molecule has 0 aromatic heterocycles. The molecule has 3 N–H and O–H groups in total. The zero-order chi connectivity index (χ0) is 22.3. The molecule has 0 spiro atoms. The molecule has 2 aromatic carbocycles. The van der Waals surface area contributed by atoms with E-state index in [0.717, 1.165) is 12.0 Å². The van der Waals surface area contributed by atoms with Crippen molar-refractivity contribution >= 4 is 17.6 Å². The molecule has 1 aliphatic heterocycles. The van der Waals surface area contributed by atoms with E-state index in [0.29, 0.717) is 30.2 Å². The smallest absolute Gasteiger partial charge is 0.336 e. The zero-order valence-electron chi connectivity index (χ0n) is 17.4. The summed E-state index contributed by atoms with van der Waals surface area (Å²) < 4.78 is 16.8. The molecule has 1 fully saturated rings. The third-order valence-corrected chi connectivity index (χ3v) is 4.92. The van der Waals surface area contributed by atoms with Crippen LogP contribution in [0.1, 0.15) is 25.3 Å². The summed E-state index contributed by atoms with van der Waals surface area (Å²) in [5, 5.41) is 22.4. The summed E-state index contributed by atoms with van der Waals surface area (Å²) >= 11 is 0. The maximum absolute atomic E-state index is 11.7. The normalized spacial score (nSPS) is 18.9. The van der Waals surface area contributed by atoms with Gasteiger partial charge in [-0.05, 0) is 42.7 Å². The maximum Gasteiger partial charge on any atom is 0.336 e. The first-order valence-corrected chi connectivity index (χ1v) is 10.1. The highest BCUT2D eigenvalue weighted by Gasteiger charge is 2.42. The fraction of sp³-hybridized carbons (Fsp3) is 0.391. The van der Waals surface area contributed by atoms with Crippen LogP contribution in [0.5, 0.6) is 11.5 Å². The summed E-state index contributed by atoms with van der Waals surface area (Å²) in [5.41, 5.74) is 0.220. The number of aliphatic carboxylic acids is 1. The largest absolute Gasteiger partial charge is 0.491 e. The number of hydrogen-bond acceptors (Lipinski definition) is 6. The predicted molar refractivity (Wildman–Crippen MR) is 113 cm³/mol. The van der Waals surface area contributed by atoms with E-state index >= 15 is 0 Å². The van der Waals surface area contributed by atoms with Crippen molar-refractivity contribution in [2.75, 3.05) is 25.1 Å². The van der Waals surface area contributed by atoms with E-state index in [-0.39, 0.29) is 25.5 Å². The van der Waals surface area contributed by atoms with Crippen LogP contribution < -0.4 is 14.8 Å². The summed E-state index contributed by atoms with van der Waals surface area (Å²) in [6.45, 7) is 1.89. The van der Waals surface area contributed by atoms with Gasteiger partial charge < -0.3 is 29.7 Å². The Balaban J connectivity index is 1.50. The van der Waals surface area contributed by atoms with Gasteiger partial charge in [0, 0.05) is 31.7 Å². The van der Waals surface area contributed by atoms with E-state index in [4.69, 9.17) is 14.2 Å². The van der Waals surface area contributed by atoms with E-state index in [1.807, 2.05) is 6.07 Å². The van der Waals surface area contributed by atoms with Crippen LogP contribution in [0.15, 0.2) is 48.5 Å². The molecule has 2 aromatic rings. The first-order chi connectivity index (χ1) is 14.9. The van der Waals surface area contributed by atoms with Crippen molar-refractivity contribution in [1.82, 2.24) is 0 Å². The van der Waals surface area contributed by atoms with Crippen LogP contribution in [0.25, 0.3) is 0 Å². The number of nitrogens with one attached hydrogen (secondary N) is 1. The number of carbonyl (C=O) groups excluding carboxylic acids is 1. The molecular formula is C23H27NO7. The number of aliphatic hydroxyl groups is 1. The Morgan fingerprint density at radius 1 is 1.13 bits per heavy atom. The lowest BCUT2D eigenvalue weighted by atomic mass is 9.91. The third kappa shape index (κ3) is 6.44. The molecule has 0 aliphatic carbocycles. The summed E-state index contributed by atoms with van der Waals surface area (Å²) in [5.74, 6) is -0.0846. The Kier molecular flexibility index (Phi) is 7.49. The Labute approximate surface area is 180 Å². The summed E-state index contributed by atoms with van der Waals surface area (Å²) in [6.07, 6.45) is 0.585. The van der Waals surface area contributed by atoms with Gasteiger partial charge in [-0.3, -0.25) is 4.79 Å². The fourth-order valence-electron chi connectivity index (χ4n) is 3.46. The second-order valence-electron chi connectivity index (χ2n) is 7.56. The molecule has 3 rings (SSSR count). The number of aliphatic hydroxyl groups excluding tert-OH is 1. The number of benzene rings is 2. The highest BCUT2D eigenvalue weighted by molar-refractivity contribution is 5.88. The first kappa shape index (κ1) is 22.6. The minimum absolute atomic E-state index is 0.00934. The number of hydrogen-bond donors (Lipinski definition) is 3. The molecule has 8 heteroatoms. The van der Waals surface area contributed by atoms with Crippen molar-refractivity contribution in [1.29, 1.82) is 0 Å². The lowest BCUT2D eigenvalue weighted by Gasteiger charge is -2.23. The molecule has 0 saturated carbocycles. The van der Waals surface area contributed by atoms with E-state index in [1.54, 1.807) is 42.5 Å². The number of ether oxygens (including phenoxy) is 3. The zero-order valence-corrected chi connectivity index (χ0v) is 17.4. The highest BCUT2D eigenvalue weighted by atomic mass is 16.5. The van der Waals surface area contributed by atoms with Gasteiger partial charge in [0.05, 0.1) is 0 Å². The standard InChI is InChI=1S/C23H27NO7/c1-16(25)24-18-6-3-8-21(12-18)30-15-19(26)14-29-20-7-2-5-17(11-20)13-23(22(27)28)9-4-10-31-23/h2-3,5-8,11-12,19,26H,4,9-10,13-15H2,1H3,(H,24,25)(H,27,28)/t19-,23?/m1/s1. The van der Waals surface area contributed by atoms with Crippen LogP contribution in [0.4, 0.5) is 5.69 Å². The van der Waals surface area contributed by atoms with Crippen molar-refractivity contribution in [2.45, 2.75) is 37.9 Å². The number of anilines is 1. The van der Waals surface area contributed by atoms with Gasteiger partial charge >= 0.3 is 5.97 Å². The summed E-state index contributed by atoms with van der Waals surface area (Å²) in [7, 11) is 0. The highest BCUT2D eigenvalue weighted by Crippen LogP contribution is 2.31. The van der Waals surface area contributed by atoms with Crippen molar-refractivity contribution in [3.05, 3.63) is 54.1 Å². The number of rotatable bonds is 10. The van der Waals surface area contributed by atoms with Crippen LogP contribution in [0.3, 0.4) is 0 Å². The lowest BCUT2D eigenvalue weighted by molar-refractivity contribution is -0.159. The van der Waals surface area contributed by atoms with Crippen molar-refractivity contribution in [3.63, 3.8) is 0 Å². The van der Waals surface area contributed by atoms with Crippen molar-refractivity contribution < 1.29 is 34.0 Å². The molecular weight excluding hydrogens is 402 g/mol. The van der Waals surface area contributed by atoms with Gasteiger partial charge in [0.15, 0.2) is 5.60 Å². The fourth-order valence-corrected chi connectivity index (χ4v) is 3.46. The summed E-state index contributed by atoms with van der Waals surface area (Å²) in [6, 6.07) is 14.0. The van der Waals surface area contributed by atoms with E-state index in [2.05, 4.69) is 5.32 Å². The van der Waals surface area contributed by atoms with Gasteiger partial charge in [-0.25, -0.2) is 4.79 Å². The van der Waals surface area contributed by atoms with E-state index < -0.39 is 17.7 Å². The molecule has 0 bridgehead atoms. The topological polar surface area (TPSA) is 114 Å². The van der Waals surface area contributed by atoms with Crippen LogP contribution in [0.2, 0.25) is 0 Å². The minimum Gasteiger partial charge on any atom is -0.491 e. The van der Waals surface area contributed by atoms with E-state index in [9.17, 15) is 19.8 Å². The van der Waals surface area contributed by atoms with Gasteiger partial charge in [-0.15, -0.1) is 0 Å². The minimum atomic E-state index is -1.18. The van der Waals surface area contributed by atoms with Gasteiger partial charge in [0.2, 0.25) is 5.91 Å². The second-order valence-corrected chi connectivity index (χ2v) is 7.56. The molecule has 1 heterocycles. The van der Waals surface area contributed by atoms with Crippen molar-refractivity contribution in [2.24, 2.45) is 0 Å². The van der Waals surface area contributed by atoms with Crippen LogP contribution in [-0.4, -0.2) is 53.6 Å². The molecule has 8 nitrogen and oxygen atoms in total. The van der Waals surface area contributed by atoms with Gasteiger partial charge in [0.1, 0.15) is 30.8 Å². The molecule has 1 unspecified atom stereocenters. The number of carboxylic acid groups (broad SMARTS) is 1. The van der Waals surface area contributed by atoms with Crippen LogP contribution >= 0.6 is 0 Å². The molecule has 166 valence electrons. The lowest BCUT2D eigenvalue weighted by Crippen LogP contribution is -2.40. The predicted octanol–water partition coefficient (Wildman–Crippen LogP) is 2.64. The van der Waals surface area contributed by atoms with Crippen LogP contribution in [-0.2, 0) is 20.7 Å². The molecule has 1 amide bonds. The van der Waals surface area contributed by atoms with Crippen molar-refractivity contribution in [3.8, 4) is 11.5 Å². The SMILES string of the molecule is CC(=O)Nc1cccc(OC[C@H](O)COc2cccc(CC3(C(=O)O)CCCO3)c2)c1. The third-order valence-electron chi connectivity index (χ3n) is 4.92.